The Hall–Kier alpha value is -2.82. The highest BCUT2D eigenvalue weighted by atomic mass is 16.5. The average molecular weight is 341 g/mol. The molecule has 0 bridgehead atoms. The number of benzene rings is 2. The molecule has 0 radical (unpaired) electrons. The Bertz CT molecular complexity index is 753. The summed E-state index contributed by atoms with van der Waals surface area (Å²) in [6.45, 7) is 7.59. The summed E-state index contributed by atoms with van der Waals surface area (Å²) in [5.41, 5.74) is 3.00. The second-order valence-electron chi connectivity index (χ2n) is 5.81. The number of amides is 1. The second kappa shape index (κ2) is 8.33. The summed E-state index contributed by atoms with van der Waals surface area (Å²) in [7, 11) is 0. The standard InChI is InChI=1S/C20H23NO4/c1-5-24-20(23)16-8-11-18(14(3)12-16)21-19(22)15(4)25-17-9-6-13(2)7-10-17/h6-12,15H,5H2,1-4H3,(H,21,22). The fourth-order valence-electron chi connectivity index (χ4n) is 2.25. The first-order valence-corrected chi connectivity index (χ1v) is 8.22. The molecule has 0 saturated heterocycles. The molecule has 0 saturated carbocycles. The molecule has 1 unspecified atom stereocenters. The monoisotopic (exact) mass is 341 g/mol. The Balaban J connectivity index is 2.01. The predicted molar refractivity (Wildman–Crippen MR) is 97.0 cm³/mol. The summed E-state index contributed by atoms with van der Waals surface area (Å²) >= 11 is 0. The highest BCUT2D eigenvalue weighted by molar-refractivity contribution is 5.96. The van der Waals surface area contributed by atoms with Gasteiger partial charge >= 0.3 is 5.97 Å². The van der Waals surface area contributed by atoms with E-state index >= 15 is 0 Å². The van der Waals surface area contributed by atoms with E-state index in [4.69, 9.17) is 9.47 Å². The van der Waals surface area contributed by atoms with Gasteiger partial charge in [-0.25, -0.2) is 4.79 Å². The van der Waals surface area contributed by atoms with Crippen LogP contribution in [0.15, 0.2) is 42.5 Å². The zero-order chi connectivity index (χ0) is 18.4. The number of anilines is 1. The van der Waals surface area contributed by atoms with Crippen molar-refractivity contribution in [3.05, 3.63) is 59.2 Å². The average Bonchev–Trinajstić information content (AvgIpc) is 2.58. The molecule has 5 nitrogen and oxygen atoms in total. The lowest BCUT2D eigenvalue weighted by Gasteiger charge is -2.16. The van der Waals surface area contributed by atoms with Crippen molar-refractivity contribution < 1.29 is 19.1 Å². The summed E-state index contributed by atoms with van der Waals surface area (Å²) in [6.07, 6.45) is -0.646. The molecule has 25 heavy (non-hydrogen) atoms. The van der Waals surface area contributed by atoms with Gasteiger partial charge in [0.05, 0.1) is 12.2 Å². The van der Waals surface area contributed by atoms with Crippen molar-refractivity contribution in [3.8, 4) is 5.75 Å². The van der Waals surface area contributed by atoms with Crippen LogP contribution in [-0.2, 0) is 9.53 Å². The molecular weight excluding hydrogens is 318 g/mol. The van der Waals surface area contributed by atoms with Crippen LogP contribution in [0.1, 0.15) is 35.3 Å². The summed E-state index contributed by atoms with van der Waals surface area (Å²) in [5, 5.41) is 2.82. The molecule has 0 spiro atoms. The molecule has 1 amide bonds. The Labute approximate surface area is 148 Å². The van der Waals surface area contributed by atoms with Gasteiger partial charge in [0.15, 0.2) is 6.10 Å². The topological polar surface area (TPSA) is 64.6 Å². The molecular formula is C20H23NO4. The minimum atomic E-state index is -0.646. The van der Waals surface area contributed by atoms with Crippen LogP contribution in [0, 0.1) is 13.8 Å². The summed E-state index contributed by atoms with van der Waals surface area (Å²) in [5.74, 6) is 0.00902. The van der Waals surface area contributed by atoms with E-state index in [1.807, 2.05) is 38.1 Å². The molecule has 2 rings (SSSR count). The molecule has 2 aromatic carbocycles. The predicted octanol–water partition coefficient (Wildman–Crippen LogP) is 3.89. The lowest BCUT2D eigenvalue weighted by Crippen LogP contribution is -2.30. The number of rotatable bonds is 6. The molecule has 2 aromatic rings. The number of aryl methyl sites for hydroxylation is 2. The van der Waals surface area contributed by atoms with Crippen LogP contribution in [0.3, 0.4) is 0 Å². The van der Waals surface area contributed by atoms with E-state index in [0.29, 0.717) is 23.6 Å². The van der Waals surface area contributed by atoms with E-state index in [-0.39, 0.29) is 11.9 Å². The van der Waals surface area contributed by atoms with E-state index in [1.54, 1.807) is 32.0 Å². The van der Waals surface area contributed by atoms with Crippen LogP contribution in [-0.4, -0.2) is 24.6 Å². The Morgan fingerprint density at radius 1 is 1.08 bits per heavy atom. The number of esters is 1. The van der Waals surface area contributed by atoms with Gasteiger partial charge in [-0.1, -0.05) is 17.7 Å². The molecule has 0 fully saturated rings. The van der Waals surface area contributed by atoms with Crippen molar-refractivity contribution in [2.75, 3.05) is 11.9 Å². The minimum absolute atomic E-state index is 0.257. The molecule has 0 heterocycles. The number of hydrogen-bond acceptors (Lipinski definition) is 4. The van der Waals surface area contributed by atoms with Crippen LogP contribution in [0.4, 0.5) is 5.69 Å². The van der Waals surface area contributed by atoms with E-state index in [1.165, 1.54) is 0 Å². The van der Waals surface area contributed by atoms with E-state index in [0.717, 1.165) is 11.1 Å². The lowest BCUT2D eigenvalue weighted by molar-refractivity contribution is -0.122. The van der Waals surface area contributed by atoms with Gasteiger partial charge < -0.3 is 14.8 Å². The summed E-state index contributed by atoms with van der Waals surface area (Å²) in [4.78, 5) is 24.1. The van der Waals surface area contributed by atoms with E-state index in [2.05, 4.69) is 5.32 Å². The van der Waals surface area contributed by atoms with Crippen molar-refractivity contribution in [2.24, 2.45) is 0 Å². The maximum Gasteiger partial charge on any atom is 0.338 e. The fraction of sp³-hybridized carbons (Fsp3) is 0.300. The normalized spacial score (nSPS) is 11.5. The second-order valence-corrected chi connectivity index (χ2v) is 5.81. The Kier molecular flexibility index (Phi) is 6.17. The highest BCUT2D eigenvalue weighted by Gasteiger charge is 2.16. The molecule has 0 aliphatic carbocycles. The quantitative estimate of drug-likeness (QED) is 0.810. The van der Waals surface area contributed by atoms with E-state index < -0.39 is 6.10 Å². The smallest absolute Gasteiger partial charge is 0.338 e. The molecule has 132 valence electrons. The van der Waals surface area contributed by atoms with Crippen molar-refractivity contribution in [3.63, 3.8) is 0 Å². The van der Waals surface area contributed by atoms with Gasteiger partial charge in [-0.2, -0.15) is 0 Å². The van der Waals surface area contributed by atoms with Gasteiger partial charge in [0.1, 0.15) is 5.75 Å². The molecule has 1 atom stereocenters. The lowest BCUT2D eigenvalue weighted by atomic mass is 10.1. The Morgan fingerprint density at radius 3 is 2.36 bits per heavy atom. The molecule has 0 aliphatic rings. The summed E-state index contributed by atoms with van der Waals surface area (Å²) in [6, 6.07) is 12.5. The van der Waals surface area contributed by atoms with Gasteiger partial charge in [0.25, 0.3) is 5.91 Å². The largest absolute Gasteiger partial charge is 0.481 e. The molecule has 1 N–H and O–H groups in total. The zero-order valence-electron chi connectivity index (χ0n) is 15.0. The third kappa shape index (κ3) is 5.08. The number of hydrogen-bond donors (Lipinski definition) is 1. The zero-order valence-corrected chi connectivity index (χ0v) is 15.0. The van der Waals surface area contributed by atoms with Crippen molar-refractivity contribution >= 4 is 17.6 Å². The maximum absolute atomic E-state index is 12.3. The number of carbonyl (C=O) groups excluding carboxylic acids is 2. The third-order valence-electron chi connectivity index (χ3n) is 3.70. The first-order valence-electron chi connectivity index (χ1n) is 8.22. The number of carbonyl (C=O) groups is 2. The van der Waals surface area contributed by atoms with E-state index in [9.17, 15) is 9.59 Å². The van der Waals surface area contributed by atoms with Gasteiger partial charge in [-0.15, -0.1) is 0 Å². The number of ether oxygens (including phenoxy) is 2. The third-order valence-corrected chi connectivity index (χ3v) is 3.70. The van der Waals surface area contributed by atoms with Gasteiger partial charge in [0, 0.05) is 5.69 Å². The van der Waals surface area contributed by atoms with Crippen LogP contribution >= 0.6 is 0 Å². The van der Waals surface area contributed by atoms with Crippen LogP contribution in [0.25, 0.3) is 0 Å². The van der Waals surface area contributed by atoms with Gasteiger partial charge in [-0.3, -0.25) is 4.79 Å². The van der Waals surface area contributed by atoms with Crippen molar-refractivity contribution in [1.29, 1.82) is 0 Å². The SMILES string of the molecule is CCOC(=O)c1ccc(NC(=O)C(C)Oc2ccc(C)cc2)c(C)c1. The van der Waals surface area contributed by atoms with Crippen molar-refractivity contribution in [2.45, 2.75) is 33.8 Å². The van der Waals surface area contributed by atoms with Crippen LogP contribution < -0.4 is 10.1 Å². The Morgan fingerprint density at radius 2 is 1.76 bits per heavy atom. The minimum Gasteiger partial charge on any atom is -0.481 e. The molecule has 5 heteroatoms. The van der Waals surface area contributed by atoms with Crippen molar-refractivity contribution in [1.82, 2.24) is 0 Å². The van der Waals surface area contributed by atoms with Crippen LogP contribution in [0.2, 0.25) is 0 Å². The van der Waals surface area contributed by atoms with Crippen LogP contribution in [0.5, 0.6) is 5.75 Å². The fourth-order valence-corrected chi connectivity index (χ4v) is 2.25. The van der Waals surface area contributed by atoms with Gasteiger partial charge in [0.2, 0.25) is 0 Å². The highest BCUT2D eigenvalue weighted by Crippen LogP contribution is 2.19. The maximum atomic E-state index is 12.3. The molecule has 0 aliphatic heterocycles. The van der Waals surface area contributed by atoms with Gasteiger partial charge in [-0.05, 0) is 63.6 Å². The molecule has 0 aromatic heterocycles. The first kappa shape index (κ1) is 18.5. The number of nitrogens with one attached hydrogen (secondary N) is 1. The summed E-state index contributed by atoms with van der Waals surface area (Å²) < 4.78 is 10.6. The first-order chi connectivity index (χ1) is 11.9.